The zero-order valence-electron chi connectivity index (χ0n) is 5.06. The second-order valence-electron chi connectivity index (χ2n) is 1.55. The SMILES string of the molecule is CCCC(Cl)OC(=O)Cl. The summed E-state index contributed by atoms with van der Waals surface area (Å²) in [6.45, 7) is 1.94. The fourth-order valence-electron chi connectivity index (χ4n) is 0.386. The summed E-state index contributed by atoms with van der Waals surface area (Å²) in [5.41, 5.74) is -1.41. The largest absolute Gasteiger partial charge is 0.434 e. The van der Waals surface area contributed by atoms with E-state index in [2.05, 4.69) is 4.74 Å². The van der Waals surface area contributed by atoms with E-state index in [4.69, 9.17) is 23.2 Å². The molecule has 0 bridgehead atoms. The number of ether oxygens (including phenoxy) is 1. The van der Waals surface area contributed by atoms with Crippen molar-refractivity contribution in [2.45, 2.75) is 25.3 Å². The molecule has 0 aliphatic rings. The fraction of sp³-hybridized carbons (Fsp3) is 0.800. The predicted octanol–water partition coefficient (Wildman–Crippen LogP) is 2.73. The molecule has 0 fully saturated rings. The molecule has 0 saturated heterocycles. The highest BCUT2D eigenvalue weighted by atomic mass is 35.5. The number of rotatable bonds is 3. The van der Waals surface area contributed by atoms with Crippen molar-refractivity contribution in [1.29, 1.82) is 0 Å². The van der Waals surface area contributed by atoms with Gasteiger partial charge in [-0.05, 0) is 6.42 Å². The third-order valence-corrected chi connectivity index (χ3v) is 1.13. The van der Waals surface area contributed by atoms with Crippen molar-refractivity contribution in [2.75, 3.05) is 0 Å². The minimum atomic E-state index is -0.844. The van der Waals surface area contributed by atoms with E-state index in [1.165, 1.54) is 0 Å². The van der Waals surface area contributed by atoms with E-state index in [0.29, 0.717) is 6.42 Å². The molecule has 1 atom stereocenters. The summed E-state index contributed by atoms with van der Waals surface area (Å²) in [6.07, 6.45) is 1.51. The predicted molar refractivity (Wildman–Crippen MR) is 36.9 cm³/mol. The van der Waals surface area contributed by atoms with Gasteiger partial charge in [-0.2, -0.15) is 0 Å². The zero-order valence-corrected chi connectivity index (χ0v) is 6.58. The number of carbonyl (C=O) groups excluding carboxylic acids is 1. The van der Waals surface area contributed by atoms with Gasteiger partial charge in [-0.25, -0.2) is 4.79 Å². The summed E-state index contributed by atoms with van der Waals surface area (Å²) in [5.74, 6) is 0. The van der Waals surface area contributed by atoms with Gasteiger partial charge >= 0.3 is 5.43 Å². The molecule has 54 valence electrons. The number of hydrogen-bond donors (Lipinski definition) is 0. The smallest absolute Gasteiger partial charge is 0.405 e. The van der Waals surface area contributed by atoms with Crippen molar-refractivity contribution < 1.29 is 9.53 Å². The molecule has 0 aromatic heterocycles. The van der Waals surface area contributed by atoms with Crippen LogP contribution in [0.5, 0.6) is 0 Å². The van der Waals surface area contributed by atoms with Crippen LogP contribution in [0.2, 0.25) is 0 Å². The standard InChI is InChI=1S/C5H8Cl2O2/c1-2-3-4(6)9-5(7)8/h4H,2-3H2,1H3. The molecule has 0 saturated carbocycles. The number of halogens is 2. The van der Waals surface area contributed by atoms with Crippen LogP contribution in [0.25, 0.3) is 0 Å². The maximum absolute atomic E-state index is 9.99. The van der Waals surface area contributed by atoms with Crippen LogP contribution in [0.15, 0.2) is 0 Å². The molecule has 9 heavy (non-hydrogen) atoms. The van der Waals surface area contributed by atoms with E-state index < -0.39 is 11.0 Å². The van der Waals surface area contributed by atoms with Crippen molar-refractivity contribution in [3.8, 4) is 0 Å². The van der Waals surface area contributed by atoms with Crippen LogP contribution >= 0.6 is 23.2 Å². The summed E-state index contributed by atoms with van der Waals surface area (Å²) in [4.78, 5) is 9.99. The molecular weight excluding hydrogens is 163 g/mol. The summed E-state index contributed by atoms with van der Waals surface area (Å²) in [5, 5.41) is 0. The van der Waals surface area contributed by atoms with Gasteiger partial charge in [0, 0.05) is 11.6 Å². The average Bonchev–Trinajstić information content (AvgIpc) is 1.63. The first-order valence-electron chi connectivity index (χ1n) is 2.67. The van der Waals surface area contributed by atoms with E-state index >= 15 is 0 Å². The number of carbonyl (C=O) groups is 1. The van der Waals surface area contributed by atoms with E-state index in [1.807, 2.05) is 6.92 Å². The lowest BCUT2D eigenvalue weighted by atomic mass is 10.4. The van der Waals surface area contributed by atoms with Crippen LogP contribution in [-0.4, -0.2) is 11.0 Å². The molecule has 0 rings (SSSR count). The molecular formula is C5H8Cl2O2. The maximum Gasteiger partial charge on any atom is 0.405 e. The lowest BCUT2D eigenvalue weighted by Crippen LogP contribution is -2.05. The lowest BCUT2D eigenvalue weighted by molar-refractivity contribution is 0.155. The Morgan fingerprint density at radius 2 is 2.33 bits per heavy atom. The number of hydrogen-bond acceptors (Lipinski definition) is 2. The number of alkyl halides is 1. The highest BCUT2D eigenvalue weighted by Gasteiger charge is 2.05. The third-order valence-electron chi connectivity index (χ3n) is 0.736. The van der Waals surface area contributed by atoms with Gasteiger partial charge in [0.05, 0.1) is 0 Å². The van der Waals surface area contributed by atoms with Crippen LogP contribution in [0.4, 0.5) is 4.79 Å². The van der Waals surface area contributed by atoms with Crippen molar-refractivity contribution in [2.24, 2.45) is 0 Å². The van der Waals surface area contributed by atoms with Crippen molar-refractivity contribution in [1.82, 2.24) is 0 Å². The van der Waals surface area contributed by atoms with E-state index in [1.54, 1.807) is 0 Å². The van der Waals surface area contributed by atoms with Gasteiger partial charge in [0.1, 0.15) is 0 Å². The molecule has 0 radical (unpaired) electrons. The van der Waals surface area contributed by atoms with Crippen LogP contribution < -0.4 is 0 Å². The third kappa shape index (κ3) is 5.93. The molecule has 0 amide bonds. The Morgan fingerprint density at radius 3 is 2.67 bits per heavy atom. The minimum absolute atomic E-state index is 0.569. The molecule has 2 nitrogen and oxygen atoms in total. The quantitative estimate of drug-likeness (QED) is 0.482. The molecule has 0 spiro atoms. The first-order valence-corrected chi connectivity index (χ1v) is 3.48. The summed E-state index contributed by atoms with van der Waals surface area (Å²) in [6, 6.07) is 0. The van der Waals surface area contributed by atoms with E-state index in [0.717, 1.165) is 6.42 Å². The Labute approximate surface area is 64.1 Å². The van der Waals surface area contributed by atoms with Gasteiger partial charge in [-0.3, -0.25) is 0 Å². The molecule has 0 N–H and O–H groups in total. The second-order valence-corrected chi connectivity index (χ2v) is 2.35. The topological polar surface area (TPSA) is 26.3 Å². The molecule has 0 aromatic rings. The second kappa shape index (κ2) is 4.89. The normalized spacial score (nSPS) is 12.8. The van der Waals surface area contributed by atoms with E-state index in [-0.39, 0.29) is 0 Å². The average molecular weight is 171 g/mol. The highest BCUT2D eigenvalue weighted by Crippen LogP contribution is 2.07. The molecule has 1 unspecified atom stereocenters. The Balaban J connectivity index is 3.26. The van der Waals surface area contributed by atoms with Crippen molar-refractivity contribution >= 4 is 28.6 Å². The highest BCUT2D eigenvalue weighted by molar-refractivity contribution is 6.61. The van der Waals surface area contributed by atoms with Gasteiger partial charge in [-0.15, -0.1) is 0 Å². The zero-order chi connectivity index (χ0) is 7.28. The van der Waals surface area contributed by atoms with Crippen LogP contribution in [0.3, 0.4) is 0 Å². The summed E-state index contributed by atoms with van der Waals surface area (Å²) >= 11 is 10.3. The van der Waals surface area contributed by atoms with Gasteiger partial charge < -0.3 is 4.74 Å². The lowest BCUT2D eigenvalue weighted by Gasteiger charge is -2.04. The Hall–Kier alpha value is 0.0500. The van der Waals surface area contributed by atoms with Crippen LogP contribution in [0, 0.1) is 0 Å². The van der Waals surface area contributed by atoms with Crippen molar-refractivity contribution in [3.63, 3.8) is 0 Å². The van der Waals surface area contributed by atoms with Crippen LogP contribution in [0.1, 0.15) is 19.8 Å². The van der Waals surface area contributed by atoms with E-state index in [9.17, 15) is 4.79 Å². The molecule has 0 aromatic carbocycles. The molecule has 4 heteroatoms. The van der Waals surface area contributed by atoms with Gasteiger partial charge in [0.2, 0.25) is 0 Å². The Kier molecular flexibility index (Phi) is 4.91. The fourth-order valence-corrected chi connectivity index (χ4v) is 0.839. The van der Waals surface area contributed by atoms with Gasteiger partial charge in [0.15, 0.2) is 5.56 Å². The summed E-state index contributed by atoms with van der Waals surface area (Å²) < 4.78 is 4.38. The molecule has 0 aliphatic carbocycles. The van der Waals surface area contributed by atoms with Crippen LogP contribution in [-0.2, 0) is 4.74 Å². The summed E-state index contributed by atoms with van der Waals surface area (Å²) in [7, 11) is 0. The minimum Gasteiger partial charge on any atom is -0.434 e. The Morgan fingerprint density at radius 1 is 1.78 bits per heavy atom. The molecule has 0 heterocycles. The van der Waals surface area contributed by atoms with Gasteiger partial charge in [-0.1, -0.05) is 24.9 Å². The maximum atomic E-state index is 9.99. The Bertz CT molecular complexity index is 95.0. The first-order chi connectivity index (χ1) is 4.16. The molecule has 0 aliphatic heterocycles. The monoisotopic (exact) mass is 170 g/mol. The first kappa shape index (κ1) is 9.05. The van der Waals surface area contributed by atoms with Gasteiger partial charge in [0.25, 0.3) is 0 Å². The van der Waals surface area contributed by atoms with Crippen molar-refractivity contribution in [3.05, 3.63) is 0 Å².